The molecule has 0 aliphatic carbocycles. The second-order valence-electron chi connectivity index (χ2n) is 10.1. The number of hydrogen-bond acceptors (Lipinski definition) is 6. The fourth-order valence-corrected chi connectivity index (χ4v) is 4.93. The summed E-state index contributed by atoms with van der Waals surface area (Å²) >= 11 is 0. The minimum absolute atomic E-state index is 0.0792. The van der Waals surface area contributed by atoms with E-state index in [0.29, 0.717) is 44.2 Å². The van der Waals surface area contributed by atoms with Crippen molar-refractivity contribution in [1.29, 1.82) is 0 Å². The SMILES string of the molecule is CNC(=O)[C@H](C)Nc1cc(-c2cc(NC(=O)N3CCC(CC(F)(F)F)C3)ccc2C)cc(N2CCOCC2)n1. The number of morpholine rings is 1. The minimum atomic E-state index is -4.24. The molecule has 2 aliphatic heterocycles. The molecule has 3 N–H and O–H groups in total. The number of hydrogen-bond donors (Lipinski definition) is 3. The smallest absolute Gasteiger partial charge is 0.378 e. The molecular formula is C27H35F3N6O3. The maximum Gasteiger partial charge on any atom is 0.389 e. The normalized spacial score (nSPS) is 18.6. The predicted octanol–water partition coefficient (Wildman–Crippen LogP) is 4.25. The van der Waals surface area contributed by atoms with Crippen LogP contribution < -0.4 is 20.9 Å². The van der Waals surface area contributed by atoms with Crippen LogP contribution in [0.2, 0.25) is 0 Å². The summed E-state index contributed by atoms with van der Waals surface area (Å²) < 4.78 is 43.8. The quantitative estimate of drug-likeness (QED) is 0.479. The number of carbonyl (C=O) groups is 2. The molecule has 3 heterocycles. The van der Waals surface area contributed by atoms with Gasteiger partial charge in [-0.15, -0.1) is 0 Å². The van der Waals surface area contributed by atoms with E-state index in [9.17, 15) is 22.8 Å². The van der Waals surface area contributed by atoms with E-state index < -0.39 is 30.6 Å². The molecule has 0 radical (unpaired) electrons. The molecule has 2 aromatic rings. The number of ether oxygens (including phenoxy) is 1. The highest BCUT2D eigenvalue weighted by Gasteiger charge is 2.36. The van der Waals surface area contributed by atoms with Gasteiger partial charge in [0.2, 0.25) is 5.91 Å². The van der Waals surface area contributed by atoms with Crippen molar-refractivity contribution in [2.75, 3.05) is 62.0 Å². The first-order valence-electron chi connectivity index (χ1n) is 13.1. The zero-order chi connectivity index (χ0) is 28.2. The maximum absolute atomic E-state index is 12.8. The van der Waals surface area contributed by atoms with Gasteiger partial charge in [-0.25, -0.2) is 9.78 Å². The fraction of sp³-hybridized carbons (Fsp3) is 0.519. The van der Waals surface area contributed by atoms with Gasteiger partial charge in [-0.3, -0.25) is 4.79 Å². The van der Waals surface area contributed by atoms with Crippen LogP contribution in [0, 0.1) is 12.8 Å². The number of rotatable bonds is 7. The van der Waals surface area contributed by atoms with Crippen molar-refractivity contribution in [3.8, 4) is 11.1 Å². The van der Waals surface area contributed by atoms with Crippen LogP contribution in [0.4, 0.5) is 35.3 Å². The Kier molecular flexibility index (Phi) is 8.83. The molecule has 1 aromatic carbocycles. The van der Waals surface area contributed by atoms with Crippen LogP contribution in [0.1, 0.15) is 25.3 Å². The lowest BCUT2D eigenvalue weighted by Gasteiger charge is -2.29. The molecule has 2 saturated heterocycles. The van der Waals surface area contributed by atoms with E-state index in [4.69, 9.17) is 9.72 Å². The monoisotopic (exact) mass is 548 g/mol. The topological polar surface area (TPSA) is 98.8 Å². The molecule has 3 amide bonds. The molecule has 1 aromatic heterocycles. The molecule has 2 aliphatic rings. The van der Waals surface area contributed by atoms with Gasteiger partial charge in [0.05, 0.1) is 13.2 Å². The average molecular weight is 549 g/mol. The molecule has 0 spiro atoms. The number of urea groups is 1. The highest BCUT2D eigenvalue weighted by atomic mass is 19.4. The van der Waals surface area contributed by atoms with Crippen molar-refractivity contribution in [1.82, 2.24) is 15.2 Å². The third-order valence-corrected chi connectivity index (χ3v) is 7.04. The van der Waals surface area contributed by atoms with Gasteiger partial charge >= 0.3 is 12.2 Å². The number of benzene rings is 1. The summed E-state index contributed by atoms with van der Waals surface area (Å²) in [4.78, 5) is 33.3. The summed E-state index contributed by atoms with van der Waals surface area (Å²) in [5.41, 5.74) is 3.21. The first kappa shape index (κ1) is 28.5. The van der Waals surface area contributed by atoms with E-state index in [1.807, 2.05) is 31.2 Å². The summed E-state index contributed by atoms with van der Waals surface area (Å²) in [6, 6.07) is 8.41. The van der Waals surface area contributed by atoms with E-state index in [-0.39, 0.29) is 19.0 Å². The van der Waals surface area contributed by atoms with Crippen LogP contribution in [0.25, 0.3) is 11.1 Å². The van der Waals surface area contributed by atoms with Gasteiger partial charge < -0.3 is 30.5 Å². The predicted molar refractivity (Wildman–Crippen MR) is 144 cm³/mol. The summed E-state index contributed by atoms with van der Waals surface area (Å²) in [6.45, 7) is 6.61. The molecule has 9 nitrogen and oxygen atoms in total. The van der Waals surface area contributed by atoms with Gasteiger partial charge in [0.25, 0.3) is 0 Å². The first-order valence-corrected chi connectivity index (χ1v) is 13.1. The molecule has 12 heteroatoms. The van der Waals surface area contributed by atoms with Crippen molar-refractivity contribution in [3.05, 3.63) is 35.9 Å². The van der Waals surface area contributed by atoms with E-state index >= 15 is 0 Å². The third-order valence-electron chi connectivity index (χ3n) is 7.04. The van der Waals surface area contributed by atoms with E-state index in [1.165, 1.54) is 4.90 Å². The summed E-state index contributed by atoms with van der Waals surface area (Å²) in [7, 11) is 1.57. The van der Waals surface area contributed by atoms with Crippen LogP contribution in [-0.2, 0) is 9.53 Å². The molecule has 212 valence electrons. The number of halogens is 3. The largest absolute Gasteiger partial charge is 0.389 e. The molecule has 2 atom stereocenters. The Morgan fingerprint density at radius 3 is 2.59 bits per heavy atom. The van der Waals surface area contributed by atoms with Gasteiger partial charge in [-0.2, -0.15) is 13.2 Å². The number of aromatic nitrogens is 1. The molecule has 0 saturated carbocycles. The van der Waals surface area contributed by atoms with Crippen LogP contribution >= 0.6 is 0 Å². The van der Waals surface area contributed by atoms with Crippen LogP contribution in [0.5, 0.6) is 0 Å². The summed E-state index contributed by atoms with van der Waals surface area (Å²) in [5.74, 6) is 0.522. The number of amides is 3. The van der Waals surface area contributed by atoms with E-state index in [0.717, 1.165) is 22.5 Å². The zero-order valence-corrected chi connectivity index (χ0v) is 22.4. The number of nitrogens with one attached hydrogen (secondary N) is 3. The fourth-order valence-electron chi connectivity index (χ4n) is 4.93. The van der Waals surface area contributed by atoms with E-state index in [2.05, 4.69) is 20.9 Å². The summed E-state index contributed by atoms with van der Waals surface area (Å²) in [5, 5.41) is 8.64. The first-order chi connectivity index (χ1) is 18.5. The minimum Gasteiger partial charge on any atom is -0.378 e. The standard InChI is InChI=1S/C27H35F3N6O3/c1-17-4-5-21(33-26(38)36-7-6-19(16-36)15-27(28,29)30)14-22(17)20-12-23(32-18(2)25(37)31-3)34-24(13-20)35-8-10-39-11-9-35/h4-5,12-14,18-19H,6-11,15-16H2,1-3H3,(H,31,37)(H,32,34)(H,33,38)/t18-,19?/m0/s1. The van der Waals surface area contributed by atoms with Crippen molar-refractivity contribution in [2.45, 2.75) is 38.9 Å². The maximum atomic E-state index is 12.8. The number of anilines is 3. The Bertz CT molecular complexity index is 1190. The lowest BCUT2D eigenvalue weighted by molar-refractivity contribution is -0.143. The zero-order valence-electron chi connectivity index (χ0n) is 22.4. The average Bonchev–Trinajstić information content (AvgIpc) is 3.36. The third kappa shape index (κ3) is 7.53. The molecule has 4 rings (SSSR count). The molecule has 1 unspecified atom stereocenters. The van der Waals surface area contributed by atoms with Gasteiger partial charge in [0.15, 0.2) is 0 Å². The van der Waals surface area contributed by atoms with Crippen LogP contribution in [0.3, 0.4) is 0 Å². The lowest BCUT2D eigenvalue weighted by atomic mass is 10.00. The second-order valence-corrected chi connectivity index (χ2v) is 10.1. The van der Waals surface area contributed by atoms with Crippen molar-refractivity contribution >= 4 is 29.3 Å². The van der Waals surface area contributed by atoms with Gasteiger partial charge in [0, 0.05) is 45.3 Å². The highest BCUT2D eigenvalue weighted by Crippen LogP contribution is 2.33. The Hall–Kier alpha value is -3.54. The number of alkyl halides is 3. The number of carbonyl (C=O) groups excluding carboxylic acids is 2. The van der Waals surface area contributed by atoms with E-state index in [1.54, 1.807) is 20.0 Å². The van der Waals surface area contributed by atoms with Crippen LogP contribution in [-0.4, -0.2) is 80.5 Å². The van der Waals surface area contributed by atoms with Gasteiger partial charge in [-0.1, -0.05) is 6.07 Å². The number of pyridine rings is 1. The highest BCUT2D eigenvalue weighted by molar-refractivity contribution is 5.91. The molecule has 0 bridgehead atoms. The van der Waals surface area contributed by atoms with Crippen molar-refractivity contribution < 1.29 is 27.5 Å². The Labute approximate surface area is 226 Å². The Balaban J connectivity index is 1.57. The number of likely N-dealkylation sites (N-methyl/N-ethyl adjacent to an activating group) is 1. The number of likely N-dealkylation sites (tertiary alicyclic amines) is 1. The van der Waals surface area contributed by atoms with Crippen LogP contribution in [0.15, 0.2) is 30.3 Å². The lowest BCUT2D eigenvalue weighted by Crippen LogP contribution is -2.37. The van der Waals surface area contributed by atoms with Crippen molar-refractivity contribution in [2.24, 2.45) is 5.92 Å². The van der Waals surface area contributed by atoms with Crippen molar-refractivity contribution in [3.63, 3.8) is 0 Å². The molecule has 2 fully saturated rings. The molecule has 39 heavy (non-hydrogen) atoms. The summed E-state index contributed by atoms with van der Waals surface area (Å²) in [6.07, 6.45) is -4.79. The molecular weight excluding hydrogens is 513 g/mol. The Morgan fingerprint density at radius 2 is 1.90 bits per heavy atom. The van der Waals surface area contributed by atoms with Gasteiger partial charge in [-0.05, 0) is 67.1 Å². The second kappa shape index (κ2) is 12.1. The van der Waals surface area contributed by atoms with Gasteiger partial charge in [0.1, 0.15) is 17.7 Å². The number of nitrogens with zero attached hydrogens (tertiary/aromatic N) is 3. The Morgan fingerprint density at radius 1 is 1.15 bits per heavy atom. The number of aryl methyl sites for hydroxylation is 1.